The van der Waals surface area contributed by atoms with E-state index in [0.717, 1.165) is 0 Å². The first-order valence-corrected chi connectivity index (χ1v) is 9.34. The van der Waals surface area contributed by atoms with Gasteiger partial charge in [0.05, 0.1) is 30.2 Å². The van der Waals surface area contributed by atoms with Crippen LogP contribution < -0.4 is 15.0 Å². The number of rotatable bonds is 6. The first-order valence-electron chi connectivity index (χ1n) is 9.34. The van der Waals surface area contributed by atoms with Gasteiger partial charge >= 0.3 is 5.97 Å². The Morgan fingerprint density at radius 1 is 1.10 bits per heavy atom. The Kier molecular flexibility index (Phi) is 5.09. The molecule has 0 N–H and O–H groups in total. The molecule has 2 aromatic heterocycles. The van der Waals surface area contributed by atoms with E-state index >= 15 is 0 Å². The zero-order chi connectivity index (χ0) is 21.3. The standard InChI is InChI=1S/C21H20N4O5/c1-4-29-16-10-9-13(11-17(16)28-3)20(27)30-12-18-22-23-21-24(2)19(26)14-7-5-6-8-15(14)25(18)21/h5-11H,4,12H2,1-3H3. The smallest absolute Gasteiger partial charge is 0.338 e. The molecule has 0 saturated carbocycles. The van der Waals surface area contributed by atoms with E-state index in [9.17, 15) is 9.59 Å². The van der Waals surface area contributed by atoms with Crippen LogP contribution in [0.2, 0.25) is 0 Å². The van der Waals surface area contributed by atoms with Gasteiger partial charge < -0.3 is 14.2 Å². The summed E-state index contributed by atoms with van der Waals surface area (Å²) in [6.07, 6.45) is 0. The van der Waals surface area contributed by atoms with Crippen LogP contribution in [0.25, 0.3) is 16.7 Å². The van der Waals surface area contributed by atoms with Crippen molar-refractivity contribution in [3.63, 3.8) is 0 Å². The Morgan fingerprint density at radius 3 is 2.67 bits per heavy atom. The highest BCUT2D eigenvalue weighted by molar-refractivity contribution is 5.90. The molecule has 0 saturated heterocycles. The minimum Gasteiger partial charge on any atom is -0.493 e. The van der Waals surface area contributed by atoms with Crippen LogP contribution in [0, 0.1) is 0 Å². The number of hydrogen-bond donors (Lipinski definition) is 0. The summed E-state index contributed by atoms with van der Waals surface area (Å²) in [5.41, 5.74) is 0.797. The summed E-state index contributed by atoms with van der Waals surface area (Å²) in [4.78, 5) is 25.1. The van der Waals surface area contributed by atoms with Gasteiger partial charge in [0.1, 0.15) is 0 Å². The molecule has 0 fully saturated rings. The number of fused-ring (bicyclic) bond motifs is 3. The van der Waals surface area contributed by atoms with E-state index in [1.165, 1.54) is 11.7 Å². The largest absolute Gasteiger partial charge is 0.493 e. The maximum Gasteiger partial charge on any atom is 0.338 e. The lowest BCUT2D eigenvalue weighted by Gasteiger charge is -2.11. The van der Waals surface area contributed by atoms with Gasteiger partial charge in [-0.2, -0.15) is 0 Å². The molecule has 2 heterocycles. The molecule has 0 atom stereocenters. The molecular formula is C21H20N4O5. The Balaban J connectivity index is 1.65. The van der Waals surface area contributed by atoms with E-state index in [-0.39, 0.29) is 12.2 Å². The van der Waals surface area contributed by atoms with E-state index in [2.05, 4.69) is 10.2 Å². The summed E-state index contributed by atoms with van der Waals surface area (Å²) in [5.74, 6) is 1.23. The number of aryl methyl sites for hydroxylation is 1. The quantitative estimate of drug-likeness (QED) is 0.452. The second-order valence-corrected chi connectivity index (χ2v) is 6.51. The second kappa shape index (κ2) is 7.86. The van der Waals surface area contributed by atoms with Crippen molar-refractivity contribution in [1.29, 1.82) is 0 Å². The normalized spacial score (nSPS) is 11.0. The van der Waals surface area contributed by atoms with Gasteiger partial charge in [0.25, 0.3) is 5.56 Å². The SMILES string of the molecule is CCOc1ccc(C(=O)OCc2nnc3n(C)c(=O)c4ccccc4n23)cc1OC. The molecule has 0 aliphatic heterocycles. The average molecular weight is 408 g/mol. The number of esters is 1. The van der Waals surface area contributed by atoms with Gasteiger partial charge in [-0.25, -0.2) is 4.79 Å². The molecule has 9 nitrogen and oxygen atoms in total. The van der Waals surface area contributed by atoms with Crippen LogP contribution in [0.4, 0.5) is 0 Å². The molecule has 30 heavy (non-hydrogen) atoms. The van der Waals surface area contributed by atoms with E-state index in [4.69, 9.17) is 14.2 Å². The van der Waals surface area contributed by atoms with Gasteiger partial charge in [0.15, 0.2) is 23.9 Å². The molecule has 154 valence electrons. The highest BCUT2D eigenvalue weighted by Gasteiger charge is 2.17. The third-order valence-electron chi connectivity index (χ3n) is 4.72. The average Bonchev–Trinajstić information content (AvgIpc) is 3.20. The van der Waals surface area contributed by atoms with E-state index < -0.39 is 5.97 Å². The molecule has 0 spiro atoms. The Hall–Kier alpha value is -3.88. The molecule has 0 aliphatic rings. The summed E-state index contributed by atoms with van der Waals surface area (Å²) in [7, 11) is 3.13. The number of methoxy groups -OCH3 is 1. The maximum absolute atomic E-state index is 12.6. The number of carbonyl (C=O) groups is 1. The number of para-hydroxylation sites is 1. The monoisotopic (exact) mass is 408 g/mol. The Labute approximate surface area is 171 Å². The van der Waals surface area contributed by atoms with Gasteiger partial charge in [-0.15, -0.1) is 10.2 Å². The van der Waals surface area contributed by atoms with Crippen LogP contribution in [0.3, 0.4) is 0 Å². The molecule has 0 unspecified atom stereocenters. The summed E-state index contributed by atoms with van der Waals surface area (Å²) in [6, 6.07) is 12.0. The van der Waals surface area contributed by atoms with Crippen molar-refractivity contribution in [2.75, 3.05) is 13.7 Å². The van der Waals surface area contributed by atoms with Crippen LogP contribution in [-0.4, -0.2) is 38.9 Å². The highest BCUT2D eigenvalue weighted by Crippen LogP contribution is 2.28. The summed E-state index contributed by atoms with van der Waals surface area (Å²) < 4.78 is 19.3. The van der Waals surface area contributed by atoms with E-state index in [1.54, 1.807) is 47.8 Å². The van der Waals surface area contributed by atoms with Gasteiger partial charge in [-0.1, -0.05) is 12.1 Å². The van der Waals surface area contributed by atoms with Gasteiger partial charge in [0.2, 0.25) is 5.78 Å². The van der Waals surface area contributed by atoms with Crippen LogP contribution >= 0.6 is 0 Å². The number of hydrogen-bond acceptors (Lipinski definition) is 7. The molecule has 4 aromatic rings. The van der Waals surface area contributed by atoms with Crippen molar-refractivity contribution in [1.82, 2.24) is 19.2 Å². The third kappa shape index (κ3) is 3.24. The fraction of sp³-hybridized carbons (Fsp3) is 0.238. The number of carbonyl (C=O) groups excluding carboxylic acids is 1. The van der Waals surface area contributed by atoms with Crippen LogP contribution in [-0.2, 0) is 18.4 Å². The van der Waals surface area contributed by atoms with Crippen molar-refractivity contribution in [3.05, 3.63) is 64.2 Å². The number of aromatic nitrogens is 4. The predicted octanol–water partition coefficient (Wildman–Crippen LogP) is 2.35. The van der Waals surface area contributed by atoms with Crippen molar-refractivity contribution < 1.29 is 19.0 Å². The highest BCUT2D eigenvalue weighted by atomic mass is 16.5. The minimum absolute atomic E-state index is 0.113. The molecule has 0 bridgehead atoms. The molecule has 9 heteroatoms. The Bertz CT molecular complexity index is 1310. The topological polar surface area (TPSA) is 97.0 Å². The van der Waals surface area contributed by atoms with Gasteiger partial charge in [-0.05, 0) is 37.3 Å². The summed E-state index contributed by atoms with van der Waals surface area (Å²) >= 11 is 0. The van der Waals surface area contributed by atoms with Crippen LogP contribution in [0.1, 0.15) is 23.1 Å². The zero-order valence-corrected chi connectivity index (χ0v) is 16.8. The van der Waals surface area contributed by atoms with Crippen molar-refractivity contribution in [2.45, 2.75) is 13.5 Å². The van der Waals surface area contributed by atoms with E-state index in [0.29, 0.717) is 46.2 Å². The molecule has 0 radical (unpaired) electrons. The first kappa shape index (κ1) is 19.4. The van der Waals surface area contributed by atoms with Gasteiger partial charge in [0, 0.05) is 7.05 Å². The predicted molar refractivity (Wildman–Crippen MR) is 109 cm³/mol. The fourth-order valence-electron chi connectivity index (χ4n) is 3.27. The van der Waals surface area contributed by atoms with Crippen molar-refractivity contribution in [3.8, 4) is 11.5 Å². The molecule has 2 aromatic carbocycles. The van der Waals surface area contributed by atoms with Gasteiger partial charge in [-0.3, -0.25) is 13.8 Å². The minimum atomic E-state index is -0.540. The second-order valence-electron chi connectivity index (χ2n) is 6.51. The zero-order valence-electron chi connectivity index (χ0n) is 16.8. The van der Waals surface area contributed by atoms with E-state index in [1.807, 2.05) is 13.0 Å². The lowest BCUT2D eigenvalue weighted by molar-refractivity contribution is 0.0461. The van der Waals surface area contributed by atoms with Crippen LogP contribution in [0.5, 0.6) is 11.5 Å². The summed E-state index contributed by atoms with van der Waals surface area (Å²) in [5, 5.41) is 8.73. The van der Waals surface area contributed by atoms with Crippen molar-refractivity contribution in [2.24, 2.45) is 7.05 Å². The molecule has 4 rings (SSSR count). The fourth-order valence-corrected chi connectivity index (χ4v) is 3.27. The maximum atomic E-state index is 12.6. The number of nitrogens with zero attached hydrogens (tertiary/aromatic N) is 4. The summed E-state index contributed by atoms with van der Waals surface area (Å²) in [6.45, 7) is 2.23. The Morgan fingerprint density at radius 2 is 1.90 bits per heavy atom. The van der Waals surface area contributed by atoms with Crippen molar-refractivity contribution >= 4 is 22.6 Å². The number of ether oxygens (including phenoxy) is 3. The molecule has 0 aliphatic carbocycles. The molecular weight excluding hydrogens is 388 g/mol. The van der Waals surface area contributed by atoms with Crippen LogP contribution in [0.15, 0.2) is 47.3 Å². The third-order valence-corrected chi connectivity index (χ3v) is 4.72. The molecule has 0 amide bonds. The number of benzene rings is 2. The first-order chi connectivity index (χ1) is 14.5. The lowest BCUT2D eigenvalue weighted by Crippen LogP contribution is -2.20. The lowest BCUT2D eigenvalue weighted by atomic mass is 10.2.